The van der Waals surface area contributed by atoms with E-state index in [-0.39, 0.29) is 5.75 Å². The zero-order valence-electron chi connectivity index (χ0n) is 16.1. The normalized spacial score (nSPS) is 13.6. The fourth-order valence-electron chi connectivity index (χ4n) is 3.50. The lowest BCUT2D eigenvalue weighted by Crippen LogP contribution is -2.26. The Morgan fingerprint density at radius 1 is 1.07 bits per heavy atom. The molecule has 1 aliphatic rings. The molecule has 0 spiro atoms. The molecule has 0 amide bonds. The second-order valence-corrected chi connectivity index (χ2v) is 7.22. The summed E-state index contributed by atoms with van der Waals surface area (Å²) in [5.41, 5.74) is 2.75. The highest BCUT2D eigenvalue weighted by molar-refractivity contribution is 5.59. The Bertz CT molecular complexity index is 1150. The fourth-order valence-corrected chi connectivity index (χ4v) is 3.50. The van der Waals surface area contributed by atoms with E-state index in [4.69, 9.17) is 9.84 Å². The number of benzene rings is 2. The molecule has 29 heavy (non-hydrogen) atoms. The minimum Gasteiger partial charge on any atom is -0.504 e. The number of nitrogens with zero attached hydrogens (tertiary/aromatic N) is 5. The number of aromatic hydroxyl groups is 1. The minimum atomic E-state index is 0.144. The van der Waals surface area contributed by atoms with Crippen LogP contribution in [0.1, 0.15) is 18.4 Å². The van der Waals surface area contributed by atoms with Gasteiger partial charge < -0.3 is 14.7 Å². The lowest BCUT2D eigenvalue weighted by molar-refractivity contribution is 0.373. The van der Waals surface area contributed by atoms with Gasteiger partial charge >= 0.3 is 0 Å². The van der Waals surface area contributed by atoms with Crippen molar-refractivity contribution in [3.63, 3.8) is 0 Å². The summed E-state index contributed by atoms with van der Waals surface area (Å²) in [7, 11) is 1.56. The molecule has 0 radical (unpaired) electrons. The molecule has 2 aromatic heterocycles. The molecule has 1 saturated carbocycles. The second kappa shape index (κ2) is 7.09. The molecule has 0 bridgehead atoms. The summed E-state index contributed by atoms with van der Waals surface area (Å²) >= 11 is 0. The van der Waals surface area contributed by atoms with Crippen LogP contribution >= 0.6 is 0 Å². The van der Waals surface area contributed by atoms with Crippen LogP contribution in [0.25, 0.3) is 17.0 Å². The Morgan fingerprint density at radius 2 is 1.90 bits per heavy atom. The highest BCUT2D eigenvalue weighted by atomic mass is 16.5. The van der Waals surface area contributed by atoms with E-state index in [1.807, 2.05) is 54.6 Å². The number of hydrogen-bond donors (Lipinski definition) is 1. The van der Waals surface area contributed by atoms with Crippen molar-refractivity contribution in [2.75, 3.05) is 12.0 Å². The largest absolute Gasteiger partial charge is 0.504 e. The Morgan fingerprint density at radius 3 is 2.66 bits per heavy atom. The van der Waals surface area contributed by atoms with Crippen LogP contribution in [0.2, 0.25) is 0 Å². The highest BCUT2D eigenvalue weighted by Crippen LogP contribution is 2.34. The molecule has 0 saturated heterocycles. The quantitative estimate of drug-likeness (QED) is 0.544. The first-order chi connectivity index (χ1) is 14.2. The highest BCUT2D eigenvalue weighted by Gasteiger charge is 2.30. The predicted octanol–water partition coefficient (Wildman–Crippen LogP) is 3.67. The van der Waals surface area contributed by atoms with E-state index in [1.165, 1.54) is 0 Å². The molecule has 2 heterocycles. The number of phenols is 1. The fraction of sp³-hybridized carbons (Fsp3) is 0.227. The molecule has 1 N–H and O–H groups in total. The van der Waals surface area contributed by atoms with Gasteiger partial charge in [-0.15, -0.1) is 15.3 Å². The van der Waals surface area contributed by atoms with Gasteiger partial charge in [0.2, 0.25) is 0 Å². The van der Waals surface area contributed by atoms with Crippen LogP contribution in [0.5, 0.6) is 11.5 Å². The Labute approximate surface area is 168 Å². The van der Waals surface area contributed by atoms with Gasteiger partial charge in [-0.25, -0.2) is 0 Å². The molecule has 5 rings (SSSR count). The maximum atomic E-state index is 9.87. The van der Waals surface area contributed by atoms with Crippen LogP contribution in [0, 0.1) is 0 Å². The lowest BCUT2D eigenvalue weighted by Gasteiger charge is -2.24. The Hall–Kier alpha value is -3.61. The first-order valence-electron chi connectivity index (χ1n) is 9.63. The molecule has 146 valence electrons. The summed E-state index contributed by atoms with van der Waals surface area (Å²) in [4.78, 5) is 2.29. The predicted molar refractivity (Wildman–Crippen MR) is 110 cm³/mol. The number of ether oxygens (including phenoxy) is 1. The van der Waals surface area contributed by atoms with Gasteiger partial charge in [0.25, 0.3) is 0 Å². The number of hydrogen-bond acceptors (Lipinski definition) is 6. The van der Waals surface area contributed by atoms with E-state index in [9.17, 15) is 5.11 Å². The van der Waals surface area contributed by atoms with Crippen LogP contribution < -0.4 is 9.64 Å². The van der Waals surface area contributed by atoms with Gasteiger partial charge in [0.1, 0.15) is 5.82 Å². The van der Waals surface area contributed by atoms with Crippen LogP contribution in [0.4, 0.5) is 5.82 Å². The van der Waals surface area contributed by atoms with E-state index < -0.39 is 0 Å². The number of aromatic nitrogens is 4. The first-order valence-corrected chi connectivity index (χ1v) is 9.63. The lowest BCUT2D eigenvalue weighted by atomic mass is 10.2. The maximum Gasteiger partial charge on any atom is 0.185 e. The van der Waals surface area contributed by atoms with Crippen molar-refractivity contribution in [2.24, 2.45) is 0 Å². The standard InChI is InChI=1S/C22H21N5O2/c1-29-19-13-15(7-10-18(19)28)14-26(17-8-9-17)21-12-11-20-23-24-22(27(20)25-21)16-5-3-2-4-6-16/h2-7,10-13,17,28H,8-9,14H2,1H3. The van der Waals surface area contributed by atoms with E-state index in [1.54, 1.807) is 17.7 Å². The van der Waals surface area contributed by atoms with Gasteiger partial charge in [-0.2, -0.15) is 4.52 Å². The zero-order valence-corrected chi connectivity index (χ0v) is 16.1. The average Bonchev–Trinajstić information content (AvgIpc) is 3.52. The summed E-state index contributed by atoms with van der Waals surface area (Å²) in [5.74, 6) is 2.23. The van der Waals surface area contributed by atoms with Crippen molar-refractivity contribution in [1.29, 1.82) is 0 Å². The molecule has 7 heteroatoms. The summed E-state index contributed by atoms with van der Waals surface area (Å²) in [6.45, 7) is 0.683. The number of rotatable bonds is 6. The van der Waals surface area contributed by atoms with E-state index in [0.29, 0.717) is 18.3 Å². The molecule has 7 nitrogen and oxygen atoms in total. The third-order valence-corrected chi connectivity index (χ3v) is 5.16. The molecular weight excluding hydrogens is 366 g/mol. The maximum absolute atomic E-state index is 9.87. The van der Waals surface area contributed by atoms with E-state index >= 15 is 0 Å². The van der Waals surface area contributed by atoms with Crippen molar-refractivity contribution < 1.29 is 9.84 Å². The van der Waals surface area contributed by atoms with Crippen molar-refractivity contribution >= 4 is 11.5 Å². The van der Waals surface area contributed by atoms with Gasteiger partial charge in [-0.1, -0.05) is 36.4 Å². The van der Waals surface area contributed by atoms with Gasteiger partial charge in [-0.05, 0) is 42.7 Å². The Kier molecular flexibility index (Phi) is 4.27. The summed E-state index contributed by atoms with van der Waals surface area (Å²) in [6, 6.07) is 19.8. The van der Waals surface area contributed by atoms with Gasteiger partial charge in [-0.3, -0.25) is 0 Å². The molecular formula is C22H21N5O2. The zero-order chi connectivity index (χ0) is 19.8. The molecule has 4 aromatic rings. The molecule has 2 aromatic carbocycles. The number of anilines is 1. The van der Waals surface area contributed by atoms with Crippen molar-refractivity contribution in [1.82, 2.24) is 19.8 Å². The molecule has 0 unspecified atom stereocenters. The molecule has 0 aliphatic heterocycles. The third kappa shape index (κ3) is 3.35. The summed E-state index contributed by atoms with van der Waals surface area (Å²) < 4.78 is 7.06. The third-order valence-electron chi connectivity index (χ3n) is 5.16. The van der Waals surface area contributed by atoms with Crippen LogP contribution in [0.3, 0.4) is 0 Å². The average molecular weight is 387 g/mol. The Balaban J connectivity index is 1.52. The summed E-state index contributed by atoms with van der Waals surface area (Å²) in [5, 5.41) is 23.3. The van der Waals surface area contributed by atoms with Gasteiger partial charge in [0, 0.05) is 18.2 Å². The number of phenolic OH excluding ortho intramolecular Hbond substituents is 1. The monoisotopic (exact) mass is 387 g/mol. The minimum absolute atomic E-state index is 0.144. The SMILES string of the molecule is COc1cc(CN(c2ccc3nnc(-c4ccccc4)n3n2)C2CC2)ccc1O. The molecule has 1 fully saturated rings. The van der Waals surface area contributed by atoms with E-state index in [0.717, 1.165) is 41.3 Å². The van der Waals surface area contributed by atoms with Crippen molar-refractivity contribution in [3.8, 4) is 22.9 Å². The topological polar surface area (TPSA) is 75.8 Å². The van der Waals surface area contributed by atoms with Gasteiger partial charge in [0.05, 0.1) is 7.11 Å². The van der Waals surface area contributed by atoms with Gasteiger partial charge in [0.15, 0.2) is 23.0 Å². The second-order valence-electron chi connectivity index (χ2n) is 7.22. The number of fused-ring (bicyclic) bond motifs is 1. The molecule has 1 aliphatic carbocycles. The van der Waals surface area contributed by atoms with Crippen LogP contribution in [-0.2, 0) is 6.54 Å². The first kappa shape index (κ1) is 17.5. The van der Waals surface area contributed by atoms with Crippen LogP contribution in [0.15, 0.2) is 60.7 Å². The van der Waals surface area contributed by atoms with Crippen LogP contribution in [-0.4, -0.2) is 38.1 Å². The van der Waals surface area contributed by atoms with Crippen molar-refractivity contribution in [2.45, 2.75) is 25.4 Å². The summed E-state index contributed by atoms with van der Waals surface area (Å²) in [6.07, 6.45) is 2.28. The number of methoxy groups -OCH3 is 1. The van der Waals surface area contributed by atoms with Crippen molar-refractivity contribution in [3.05, 3.63) is 66.2 Å². The smallest absolute Gasteiger partial charge is 0.185 e. The van der Waals surface area contributed by atoms with E-state index in [2.05, 4.69) is 15.1 Å². The molecule has 0 atom stereocenters.